The van der Waals surface area contributed by atoms with Crippen LogP contribution in [0.15, 0.2) is 4.99 Å². The van der Waals surface area contributed by atoms with Crippen LogP contribution in [0.5, 0.6) is 0 Å². The Labute approximate surface area is 52.2 Å². The summed E-state index contributed by atoms with van der Waals surface area (Å²) in [6, 6.07) is 0. The number of aliphatic imine (C=N–C) groups is 1. The average molecular weight is 126 g/mol. The zero-order valence-electron chi connectivity index (χ0n) is 5.00. The molecular weight excluding hydrogens is 120 g/mol. The second-order valence-electron chi connectivity index (χ2n) is 1.79. The third kappa shape index (κ3) is 1.13. The van der Waals surface area contributed by atoms with Gasteiger partial charge in [-0.3, -0.25) is 14.5 Å². The highest BCUT2D eigenvalue weighted by atomic mass is 16.2. The van der Waals surface area contributed by atoms with Crippen molar-refractivity contribution in [1.29, 1.82) is 0 Å². The molecule has 1 aliphatic heterocycles. The molecule has 1 rings (SSSR count). The van der Waals surface area contributed by atoms with Crippen molar-refractivity contribution in [2.75, 3.05) is 6.54 Å². The number of hydrogen-bond acceptors (Lipinski definition) is 2. The van der Waals surface area contributed by atoms with Crippen LogP contribution in [0.25, 0.3) is 0 Å². The predicted octanol–water partition coefficient (Wildman–Crippen LogP) is -0.597. The number of hydrogen-bond donors (Lipinski definition) is 0. The number of rotatable bonds is 0. The maximum atomic E-state index is 10.5. The van der Waals surface area contributed by atoms with Gasteiger partial charge in [-0.2, -0.15) is 0 Å². The molecule has 1 aliphatic rings. The van der Waals surface area contributed by atoms with E-state index in [9.17, 15) is 9.59 Å². The van der Waals surface area contributed by atoms with Crippen molar-refractivity contribution in [2.45, 2.75) is 6.92 Å². The Morgan fingerprint density at radius 2 is 2.56 bits per heavy atom. The summed E-state index contributed by atoms with van der Waals surface area (Å²) in [7, 11) is 0. The van der Waals surface area contributed by atoms with Gasteiger partial charge in [0.15, 0.2) is 0 Å². The van der Waals surface area contributed by atoms with Gasteiger partial charge in [0.2, 0.25) is 5.91 Å². The monoisotopic (exact) mass is 126 g/mol. The Bertz CT molecular complexity index is 185. The molecule has 0 atom stereocenters. The molecule has 2 amide bonds. The van der Waals surface area contributed by atoms with Crippen LogP contribution in [0.4, 0.5) is 0 Å². The summed E-state index contributed by atoms with van der Waals surface area (Å²) in [6.45, 7) is 1.50. The molecule has 0 fully saturated rings. The van der Waals surface area contributed by atoms with Gasteiger partial charge in [0, 0.05) is 6.92 Å². The highest BCUT2D eigenvalue weighted by Crippen LogP contribution is 1.93. The van der Waals surface area contributed by atoms with Gasteiger partial charge in [-0.15, -0.1) is 0 Å². The maximum absolute atomic E-state index is 10.5. The van der Waals surface area contributed by atoms with E-state index in [4.69, 9.17) is 0 Å². The standard InChI is InChI=1S/C5H6N2O2/c1-4(8)7-2-5(9)6-3-7/h3H,2H2,1H3. The van der Waals surface area contributed by atoms with E-state index >= 15 is 0 Å². The van der Waals surface area contributed by atoms with Crippen molar-refractivity contribution in [2.24, 2.45) is 4.99 Å². The number of amides is 2. The van der Waals surface area contributed by atoms with Crippen molar-refractivity contribution >= 4 is 18.2 Å². The van der Waals surface area contributed by atoms with Crippen LogP contribution < -0.4 is 0 Å². The Kier molecular flexibility index (Phi) is 1.30. The fourth-order valence-corrected chi connectivity index (χ4v) is 0.554. The van der Waals surface area contributed by atoms with Gasteiger partial charge in [-0.1, -0.05) is 0 Å². The summed E-state index contributed by atoms with van der Waals surface area (Å²) in [5.74, 6) is -0.408. The topological polar surface area (TPSA) is 49.7 Å². The number of carbonyl (C=O) groups is 2. The minimum atomic E-state index is -0.259. The van der Waals surface area contributed by atoms with Crippen LogP contribution >= 0.6 is 0 Å². The molecule has 0 saturated heterocycles. The minimum Gasteiger partial charge on any atom is -0.293 e. The lowest BCUT2D eigenvalue weighted by Gasteiger charge is -2.04. The highest BCUT2D eigenvalue weighted by molar-refractivity contribution is 6.00. The maximum Gasteiger partial charge on any atom is 0.267 e. The molecule has 0 bridgehead atoms. The van der Waals surface area contributed by atoms with Gasteiger partial charge in [0.25, 0.3) is 5.91 Å². The van der Waals surface area contributed by atoms with Crippen LogP contribution in [0, 0.1) is 0 Å². The first-order valence-corrected chi connectivity index (χ1v) is 2.54. The summed E-state index contributed by atoms with van der Waals surface area (Å²) in [5.41, 5.74) is 0. The van der Waals surface area contributed by atoms with E-state index < -0.39 is 0 Å². The Balaban J connectivity index is 2.60. The fraction of sp³-hybridized carbons (Fsp3) is 0.400. The minimum absolute atomic E-state index is 0.106. The Hall–Kier alpha value is -1.19. The predicted molar refractivity (Wildman–Crippen MR) is 30.9 cm³/mol. The molecular formula is C5H6N2O2. The lowest BCUT2D eigenvalue weighted by atomic mass is 10.5. The zero-order valence-corrected chi connectivity index (χ0v) is 5.00. The Morgan fingerprint density at radius 1 is 1.89 bits per heavy atom. The lowest BCUT2D eigenvalue weighted by molar-refractivity contribution is -0.127. The number of carbonyl (C=O) groups excluding carboxylic acids is 2. The zero-order chi connectivity index (χ0) is 6.85. The summed E-state index contributed by atoms with van der Waals surface area (Å²) in [5, 5.41) is 0. The van der Waals surface area contributed by atoms with Crippen LogP contribution in [0.3, 0.4) is 0 Å². The van der Waals surface area contributed by atoms with Gasteiger partial charge in [-0.05, 0) is 0 Å². The van der Waals surface area contributed by atoms with Gasteiger partial charge >= 0.3 is 0 Å². The summed E-state index contributed by atoms with van der Waals surface area (Å²) >= 11 is 0. The van der Waals surface area contributed by atoms with Crippen molar-refractivity contribution in [3.8, 4) is 0 Å². The first-order valence-electron chi connectivity index (χ1n) is 2.54. The smallest absolute Gasteiger partial charge is 0.267 e. The first-order chi connectivity index (χ1) is 4.20. The number of nitrogens with zero attached hydrogens (tertiary/aromatic N) is 2. The normalized spacial score (nSPS) is 17.0. The van der Waals surface area contributed by atoms with Crippen LogP contribution in [-0.4, -0.2) is 29.6 Å². The van der Waals surface area contributed by atoms with Gasteiger partial charge < -0.3 is 0 Å². The second kappa shape index (κ2) is 1.97. The lowest BCUT2D eigenvalue weighted by Crippen LogP contribution is -2.26. The van der Waals surface area contributed by atoms with E-state index in [2.05, 4.69) is 4.99 Å². The van der Waals surface area contributed by atoms with Gasteiger partial charge in [-0.25, -0.2) is 4.99 Å². The molecule has 0 saturated carbocycles. The Morgan fingerprint density at radius 3 is 2.78 bits per heavy atom. The van der Waals surface area contributed by atoms with Crippen molar-refractivity contribution in [3.63, 3.8) is 0 Å². The van der Waals surface area contributed by atoms with E-state index in [1.54, 1.807) is 0 Å². The van der Waals surface area contributed by atoms with Crippen molar-refractivity contribution in [1.82, 2.24) is 4.90 Å². The SMILES string of the molecule is CC(=O)N1C=NC(=O)C1. The molecule has 0 aromatic heterocycles. The molecule has 1 heterocycles. The third-order valence-electron chi connectivity index (χ3n) is 1.05. The second-order valence-corrected chi connectivity index (χ2v) is 1.79. The molecule has 0 aromatic rings. The van der Waals surface area contributed by atoms with E-state index in [1.165, 1.54) is 18.2 Å². The molecule has 9 heavy (non-hydrogen) atoms. The molecule has 0 radical (unpaired) electrons. The molecule has 4 heteroatoms. The molecule has 48 valence electrons. The summed E-state index contributed by atoms with van der Waals surface area (Å²) in [4.78, 5) is 25.5. The fourth-order valence-electron chi connectivity index (χ4n) is 0.554. The third-order valence-corrected chi connectivity index (χ3v) is 1.05. The van der Waals surface area contributed by atoms with Gasteiger partial charge in [0.05, 0.1) is 0 Å². The molecule has 0 spiro atoms. The van der Waals surface area contributed by atoms with E-state index in [0.717, 1.165) is 0 Å². The molecule has 0 aliphatic carbocycles. The molecule has 0 N–H and O–H groups in total. The van der Waals surface area contributed by atoms with Crippen molar-refractivity contribution in [3.05, 3.63) is 0 Å². The van der Waals surface area contributed by atoms with E-state index in [0.29, 0.717) is 0 Å². The average Bonchev–Trinajstić information content (AvgIpc) is 2.14. The highest BCUT2D eigenvalue weighted by Gasteiger charge is 2.15. The molecule has 4 nitrogen and oxygen atoms in total. The van der Waals surface area contributed by atoms with E-state index in [-0.39, 0.29) is 18.4 Å². The van der Waals surface area contributed by atoms with Crippen LogP contribution in [0.2, 0.25) is 0 Å². The summed E-state index contributed by atoms with van der Waals surface area (Å²) in [6.07, 6.45) is 1.25. The van der Waals surface area contributed by atoms with Crippen molar-refractivity contribution < 1.29 is 9.59 Å². The molecule has 0 unspecified atom stereocenters. The van der Waals surface area contributed by atoms with Crippen LogP contribution in [0.1, 0.15) is 6.92 Å². The van der Waals surface area contributed by atoms with Gasteiger partial charge in [0.1, 0.15) is 12.9 Å². The largest absolute Gasteiger partial charge is 0.293 e. The molecule has 0 aromatic carbocycles. The quantitative estimate of drug-likeness (QED) is 0.435. The first kappa shape index (κ1) is 5.94. The van der Waals surface area contributed by atoms with E-state index in [1.807, 2.05) is 0 Å². The summed E-state index contributed by atoms with van der Waals surface area (Å²) < 4.78 is 0. The van der Waals surface area contributed by atoms with Crippen LogP contribution in [-0.2, 0) is 9.59 Å².